The Labute approximate surface area is 63.5 Å². The van der Waals surface area contributed by atoms with E-state index in [9.17, 15) is 13.6 Å². The van der Waals surface area contributed by atoms with Crippen LogP contribution in [0.3, 0.4) is 0 Å². The molecule has 0 atom stereocenters. The largest absolute Gasteiger partial charge is 0.481 e. The Morgan fingerprint density at radius 1 is 1.36 bits per heavy atom. The van der Waals surface area contributed by atoms with Crippen LogP contribution < -0.4 is 0 Å². The summed E-state index contributed by atoms with van der Waals surface area (Å²) >= 11 is 0. The van der Waals surface area contributed by atoms with E-state index in [4.69, 9.17) is 5.11 Å². The monoisotopic (exact) mass is 164 g/mol. The summed E-state index contributed by atoms with van der Waals surface area (Å²) in [5, 5.41) is 8.16. The lowest BCUT2D eigenvalue weighted by molar-refractivity contribution is -0.137. The number of carbonyl (C=O) groups is 1. The van der Waals surface area contributed by atoms with E-state index in [-0.39, 0.29) is 24.8 Å². The van der Waals surface area contributed by atoms with Gasteiger partial charge in [-0.05, 0) is 25.3 Å². The second kappa shape index (κ2) is 4.82. The maximum absolute atomic E-state index is 11.7. The van der Waals surface area contributed by atoms with Gasteiger partial charge in [0, 0.05) is 6.42 Å². The molecular formula is C7H10F2O2. The van der Waals surface area contributed by atoms with E-state index < -0.39 is 12.0 Å². The number of halogens is 2. The van der Waals surface area contributed by atoms with Gasteiger partial charge in [0.1, 0.15) is 0 Å². The van der Waals surface area contributed by atoms with Crippen LogP contribution in [0.15, 0.2) is 11.7 Å². The zero-order chi connectivity index (χ0) is 8.85. The highest BCUT2D eigenvalue weighted by atomic mass is 19.3. The molecule has 0 bridgehead atoms. The van der Waals surface area contributed by atoms with Crippen molar-refractivity contribution >= 4 is 5.97 Å². The van der Waals surface area contributed by atoms with E-state index in [1.165, 1.54) is 6.92 Å². The van der Waals surface area contributed by atoms with Gasteiger partial charge in [-0.25, -0.2) is 0 Å². The van der Waals surface area contributed by atoms with Crippen LogP contribution in [0.5, 0.6) is 0 Å². The first-order valence-electron chi connectivity index (χ1n) is 3.26. The van der Waals surface area contributed by atoms with Crippen molar-refractivity contribution in [2.24, 2.45) is 0 Å². The van der Waals surface area contributed by atoms with Crippen molar-refractivity contribution in [3.05, 3.63) is 11.7 Å². The van der Waals surface area contributed by atoms with Crippen LogP contribution in [0.1, 0.15) is 26.2 Å². The molecule has 0 radical (unpaired) electrons. The van der Waals surface area contributed by atoms with Crippen molar-refractivity contribution < 1.29 is 18.7 Å². The number of allylic oxidation sites excluding steroid dienone is 1. The number of rotatable bonds is 4. The fourth-order valence-corrected chi connectivity index (χ4v) is 0.599. The molecule has 0 fully saturated rings. The quantitative estimate of drug-likeness (QED) is 0.692. The van der Waals surface area contributed by atoms with Crippen molar-refractivity contribution in [1.82, 2.24) is 0 Å². The second-order valence-electron chi connectivity index (χ2n) is 2.29. The lowest BCUT2D eigenvalue weighted by atomic mass is 10.1. The summed E-state index contributed by atoms with van der Waals surface area (Å²) < 4.78 is 23.4. The highest BCUT2D eigenvalue weighted by molar-refractivity contribution is 5.66. The van der Waals surface area contributed by atoms with Crippen LogP contribution in [-0.4, -0.2) is 11.1 Å². The fourth-order valence-electron chi connectivity index (χ4n) is 0.599. The SMILES string of the molecule is CC(CCCC(=O)O)=C(F)F. The minimum Gasteiger partial charge on any atom is -0.481 e. The number of hydrogen-bond donors (Lipinski definition) is 1. The number of carboxylic acid groups (broad SMARTS) is 1. The Bertz CT molecular complexity index is 171. The van der Waals surface area contributed by atoms with Crippen molar-refractivity contribution in [3.8, 4) is 0 Å². The second-order valence-corrected chi connectivity index (χ2v) is 2.29. The summed E-state index contributed by atoms with van der Waals surface area (Å²) in [6, 6.07) is 0. The average molecular weight is 164 g/mol. The summed E-state index contributed by atoms with van der Waals surface area (Å²) in [5.74, 6) is -0.947. The Hall–Kier alpha value is -0.930. The van der Waals surface area contributed by atoms with Gasteiger partial charge in [-0.15, -0.1) is 0 Å². The van der Waals surface area contributed by atoms with Crippen LogP contribution >= 0.6 is 0 Å². The molecule has 0 aromatic heterocycles. The average Bonchev–Trinajstić information content (AvgIpc) is 1.86. The number of aliphatic carboxylic acids is 1. The van der Waals surface area contributed by atoms with Crippen molar-refractivity contribution in [3.63, 3.8) is 0 Å². The Morgan fingerprint density at radius 3 is 2.27 bits per heavy atom. The molecular weight excluding hydrogens is 154 g/mol. The van der Waals surface area contributed by atoms with E-state index in [2.05, 4.69) is 0 Å². The van der Waals surface area contributed by atoms with Crippen molar-refractivity contribution in [1.29, 1.82) is 0 Å². The van der Waals surface area contributed by atoms with E-state index in [1.807, 2.05) is 0 Å². The highest BCUT2D eigenvalue weighted by Gasteiger charge is 2.01. The zero-order valence-corrected chi connectivity index (χ0v) is 6.23. The number of hydrogen-bond acceptors (Lipinski definition) is 1. The molecule has 2 nitrogen and oxygen atoms in total. The Balaban J connectivity index is 3.56. The summed E-state index contributed by atoms with van der Waals surface area (Å²) in [4.78, 5) is 9.95. The third-order valence-electron chi connectivity index (χ3n) is 1.27. The normalized spacial score (nSPS) is 9.36. The maximum Gasteiger partial charge on any atom is 0.303 e. The van der Waals surface area contributed by atoms with Crippen LogP contribution in [0.25, 0.3) is 0 Å². The van der Waals surface area contributed by atoms with Gasteiger partial charge < -0.3 is 5.11 Å². The molecule has 0 saturated heterocycles. The van der Waals surface area contributed by atoms with Gasteiger partial charge in [0.2, 0.25) is 0 Å². The van der Waals surface area contributed by atoms with Crippen molar-refractivity contribution in [2.45, 2.75) is 26.2 Å². The standard InChI is InChI=1S/C7H10F2O2/c1-5(7(8)9)3-2-4-6(10)11/h2-4H2,1H3,(H,10,11). The lowest BCUT2D eigenvalue weighted by Crippen LogP contribution is -1.93. The predicted octanol–water partition coefficient (Wildman–Crippen LogP) is 2.41. The van der Waals surface area contributed by atoms with Gasteiger partial charge in [0.15, 0.2) is 0 Å². The predicted molar refractivity (Wildman–Crippen MR) is 36.4 cm³/mol. The summed E-state index contributed by atoms with van der Waals surface area (Å²) in [5.41, 5.74) is -0.0220. The van der Waals surface area contributed by atoms with E-state index in [1.54, 1.807) is 0 Å². The molecule has 11 heavy (non-hydrogen) atoms. The molecule has 0 heterocycles. The maximum atomic E-state index is 11.7. The molecule has 1 N–H and O–H groups in total. The molecule has 64 valence electrons. The van der Waals surface area contributed by atoms with Gasteiger partial charge in [-0.3, -0.25) is 4.79 Å². The van der Waals surface area contributed by atoms with E-state index >= 15 is 0 Å². The Kier molecular flexibility index (Phi) is 4.41. The van der Waals surface area contributed by atoms with Crippen LogP contribution in [0.4, 0.5) is 8.78 Å². The first-order chi connectivity index (χ1) is 5.04. The van der Waals surface area contributed by atoms with Gasteiger partial charge in [0.05, 0.1) is 0 Å². The van der Waals surface area contributed by atoms with E-state index in [0.29, 0.717) is 0 Å². The van der Waals surface area contributed by atoms with Gasteiger partial charge in [-0.2, -0.15) is 8.78 Å². The van der Waals surface area contributed by atoms with Crippen LogP contribution in [0.2, 0.25) is 0 Å². The summed E-state index contributed by atoms with van der Waals surface area (Å²) in [7, 11) is 0. The fraction of sp³-hybridized carbons (Fsp3) is 0.571. The third-order valence-corrected chi connectivity index (χ3v) is 1.27. The van der Waals surface area contributed by atoms with Gasteiger partial charge in [-0.1, -0.05) is 0 Å². The van der Waals surface area contributed by atoms with Crippen LogP contribution in [0, 0.1) is 0 Å². The summed E-state index contributed by atoms with van der Waals surface area (Å²) in [6.45, 7) is 1.30. The third kappa shape index (κ3) is 5.51. The molecule has 4 heteroatoms. The first kappa shape index (κ1) is 10.1. The molecule has 0 aliphatic carbocycles. The van der Waals surface area contributed by atoms with Crippen molar-refractivity contribution in [2.75, 3.05) is 0 Å². The Morgan fingerprint density at radius 2 is 1.91 bits per heavy atom. The number of carboxylic acids is 1. The minimum atomic E-state index is -1.70. The minimum absolute atomic E-state index is 0.0220. The van der Waals surface area contributed by atoms with E-state index in [0.717, 1.165) is 0 Å². The van der Waals surface area contributed by atoms with Crippen LogP contribution in [-0.2, 0) is 4.79 Å². The lowest BCUT2D eigenvalue weighted by Gasteiger charge is -1.96. The van der Waals surface area contributed by atoms with Gasteiger partial charge >= 0.3 is 5.97 Å². The zero-order valence-electron chi connectivity index (χ0n) is 6.23. The molecule has 0 saturated carbocycles. The molecule has 0 spiro atoms. The molecule has 0 aliphatic rings. The van der Waals surface area contributed by atoms with Gasteiger partial charge in [0.25, 0.3) is 6.08 Å². The molecule has 0 amide bonds. The topological polar surface area (TPSA) is 37.3 Å². The highest BCUT2D eigenvalue weighted by Crippen LogP contribution is 2.13. The molecule has 0 unspecified atom stereocenters. The molecule has 0 aliphatic heterocycles. The smallest absolute Gasteiger partial charge is 0.303 e. The molecule has 0 aromatic carbocycles. The summed E-state index contributed by atoms with van der Waals surface area (Å²) in [6.07, 6.45) is -1.31. The molecule has 0 rings (SSSR count). The first-order valence-corrected chi connectivity index (χ1v) is 3.26. The molecule has 0 aromatic rings.